The number of halogens is 2. The highest BCUT2D eigenvalue weighted by Gasteiger charge is 2.54. The minimum atomic E-state index is -3.16. The van der Waals surface area contributed by atoms with Crippen molar-refractivity contribution in [1.29, 1.82) is 0 Å². The van der Waals surface area contributed by atoms with E-state index in [0.717, 1.165) is 40.3 Å². The summed E-state index contributed by atoms with van der Waals surface area (Å²) in [7, 11) is -3.16. The van der Waals surface area contributed by atoms with Crippen LogP contribution in [0.4, 0.5) is 8.78 Å². The lowest BCUT2D eigenvalue weighted by molar-refractivity contribution is -0.144. The van der Waals surface area contributed by atoms with Crippen molar-refractivity contribution in [3.05, 3.63) is 114 Å². The van der Waals surface area contributed by atoms with E-state index in [9.17, 15) is 18.1 Å². The van der Waals surface area contributed by atoms with Crippen LogP contribution in [0.2, 0.25) is 0 Å². The van der Waals surface area contributed by atoms with Gasteiger partial charge in [-0.15, -0.1) is 0 Å². The number of nitrogens with zero attached hydrogens (tertiary/aromatic N) is 2. The van der Waals surface area contributed by atoms with Gasteiger partial charge in [0.15, 0.2) is 0 Å². The first-order valence-electron chi connectivity index (χ1n) is 18.8. The van der Waals surface area contributed by atoms with Gasteiger partial charge in [-0.1, -0.05) is 55.8 Å². The lowest BCUT2D eigenvalue weighted by Gasteiger charge is -2.47. The Labute approximate surface area is 311 Å². The molecule has 4 aromatic rings. The predicted molar refractivity (Wildman–Crippen MR) is 203 cm³/mol. The lowest BCUT2D eigenvalue weighted by Crippen LogP contribution is -2.43. The molecule has 280 valence electrons. The average molecular weight is 743 g/mol. The molecule has 7 atom stereocenters. The van der Waals surface area contributed by atoms with Gasteiger partial charge in [0.05, 0.1) is 36.7 Å². The fourth-order valence-electron chi connectivity index (χ4n) is 8.48. The fourth-order valence-corrected chi connectivity index (χ4v) is 10.1. The van der Waals surface area contributed by atoms with Crippen molar-refractivity contribution in [1.82, 2.24) is 9.97 Å². The number of carbonyl (C=O) groups is 1. The molecule has 2 saturated carbocycles. The maximum Gasteiger partial charge on any atom is 0.336 e. The minimum Gasteiger partial charge on any atom is -0.462 e. The van der Waals surface area contributed by atoms with Crippen molar-refractivity contribution in [2.24, 2.45) is 35.5 Å². The fraction of sp³-hybridized carbons (Fsp3) is 0.419. The molecule has 0 N–H and O–H groups in total. The number of benzene rings is 2. The summed E-state index contributed by atoms with van der Waals surface area (Å²) >= 11 is 0. The summed E-state index contributed by atoms with van der Waals surface area (Å²) in [5.41, 5.74) is 4.78. The van der Waals surface area contributed by atoms with Gasteiger partial charge in [0.1, 0.15) is 17.7 Å². The Bertz CT molecular complexity index is 1910. The van der Waals surface area contributed by atoms with Gasteiger partial charge in [-0.2, -0.15) is 0 Å². The number of allylic oxidation sites excluding steroid dienone is 1. The summed E-state index contributed by atoms with van der Waals surface area (Å²) in [4.78, 5) is 21.4. The molecule has 7 nitrogen and oxygen atoms in total. The van der Waals surface area contributed by atoms with Crippen molar-refractivity contribution in [3.8, 4) is 22.3 Å². The van der Waals surface area contributed by atoms with E-state index in [-0.39, 0.29) is 41.7 Å². The number of aromatic nitrogens is 2. The zero-order valence-electron chi connectivity index (χ0n) is 30.9. The van der Waals surface area contributed by atoms with Gasteiger partial charge in [0.25, 0.3) is 0 Å². The molecule has 0 spiro atoms. The Morgan fingerprint density at radius 1 is 0.830 bits per heavy atom. The van der Waals surface area contributed by atoms with Crippen LogP contribution in [0.15, 0.2) is 91.3 Å². The van der Waals surface area contributed by atoms with Crippen molar-refractivity contribution < 1.29 is 31.9 Å². The molecule has 0 radical (unpaired) electrons. The van der Waals surface area contributed by atoms with E-state index in [4.69, 9.17) is 13.8 Å². The van der Waals surface area contributed by atoms with Gasteiger partial charge in [-0.3, -0.25) is 19.3 Å². The minimum absolute atomic E-state index is 0.00477. The maximum atomic E-state index is 13.5. The molecule has 10 heteroatoms. The number of fused-ring (bicyclic) bond motifs is 2. The van der Waals surface area contributed by atoms with Crippen LogP contribution < -0.4 is 0 Å². The van der Waals surface area contributed by atoms with E-state index in [1.54, 1.807) is 44.4 Å². The van der Waals surface area contributed by atoms with E-state index < -0.39 is 7.60 Å². The number of esters is 1. The molecule has 0 unspecified atom stereocenters. The van der Waals surface area contributed by atoms with Gasteiger partial charge in [-0.25, -0.2) is 8.78 Å². The zero-order valence-corrected chi connectivity index (χ0v) is 31.8. The van der Waals surface area contributed by atoms with Crippen LogP contribution in [-0.2, 0) is 29.3 Å². The van der Waals surface area contributed by atoms with E-state index in [1.165, 1.54) is 43.5 Å². The van der Waals surface area contributed by atoms with Crippen LogP contribution in [0, 0.1) is 47.1 Å². The first kappa shape index (κ1) is 38.7. The van der Waals surface area contributed by atoms with Crippen LogP contribution in [0.3, 0.4) is 0 Å². The molecule has 3 heterocycles. The third kappa shape index (κ3) is 9.56. The second kappa shape index (κ2) is 17.4. The SMILES string of the molecule is CCOP(=O)(Cc1ccc(-c2cccc(F)c2)cn1)OCC.C[C@@H]1CC[C@@H]2[C@@H](C1)C[C@H]1C(=O)O[C@H](C)[C@H]1[C@H]2/C=C/c1ccc(-c2cccc(F)c2)cn1. The summed E-state index contributed by atoms with van der Waals surface area (Å²) in [5, 5.41) is 0. The van der Waals surface area contributed by atoms with Crippen LogP contribution in [0.5, 0.6) is 0 Å². The highest BCUT2D eigenvalue weighted by Crippen LogP contribution is 2.54. The quantitative estimate of drug-likeness (QED) is 0.118. The predicted octanol–water partition coefficient (Wildman–Crippen LogP) is 10.8. The summed E-state index contributed by atoms with van der Waals surface area (Å²) in [6.07, 6.45) is 12.7. The summed E-state index contributed by atoms with van der Waals surface area (Å²) < 4.78 is 55.4. The second-order valence-electron chi connectivity index (χ2n) is 14.5. The van der Waals surface area contributed by atoms with Crippen molar-refractivity contribution >= 4 is 19.6 Å². The monoisotopic (exact) mass is 742 g/mol. The van der Waals surface area contributed by atoms with Gasteiger partial charge in [-0.05, 0) is 117 Å². The van der Waals surface area contributed by atoms with Gasteiger partial charge in [0.2, 0.25) is 0 Å². The van der Waals surface area contributed by atoms with Crippen molar-refractivity contribution in [2.45, 2.75) is 65.6 Å². The van der Waals surface area contributed by atoms with Gasteiger partial charge in [0, 0.05) is 29.4 Å². The molecular weight excluding hydrogens is 693 g/mol. The first-order valence-corrected chi connectivity index (χ1v) is 20.5. The van der Waals surface area contributed by atoms with Crippen molar-refractivity contribution in [3.63, 3.8) is 0 Å². The Hall–Kier alpha value is -4.04. The summed E-state index contributed by atoms with van der Waals surface area (Å²) in [6, 6.07) is 20.4. The van der Waals surface area contributed by atoms with E-state index >= 15 is 0 Å². The average Bonchev–Trinajstić information content (AvgIpc) is 3.42. The van der Waals surface area contributed by atoms with Crippen LogP contribution in [0.1, 0.15) is 64.8 Å². The maximum absolute atomic E-state index is 13.5. The molecular formula is C43H49F2N2O5P. The Morgan fingerprint density at radius 2 is 1.47 bits per heavy atom. The Kier molecular flexibility index (Phi) is 12.7. The highest BCUT2D eigenvalue weighted by molar-refractivity contribution is 7.53. The normalized spacial score (nSPS) is 25.2. The van der Waals surface area contributed by atoms with E-state index in [1.807, 2.05) is 30.3 Å². The molecule has 3 aliphatic rings. The standard InChI is InChI=1S/C27H30FNO2.C16H19FNO3P/c1-16-6-10-23-20(12-16)14-25-26(17(2)31-27(25)30)24(23)11-9-22-8-7-19(15-29-22)18-4-3-5-21(28)13-18;1-3-20-22(19,21-4-2)12-16-9-8-14(11-18-16)13-6-5-7-15(17)10-13/h3-5,7-9,11,13,15-17,20,23-26H,6,10,12,14H2,1-2H3;5-11H,3-4,12H2,1-2H3/b11-9+;/t16-,17-,20+,23-,24+,25-,26+;/m1./s1. The first-order chi connectivity index (χ1) is 25.6. The molecule has 2 aliphatic carbocycles. The second-order valence-corrected chi connectivity index (χ2v) is 16.5. The third-order valence-electron chi connectivity index (χ3n) is 10.8. The van der Waals surface area contributed by atoms with E-state index in [2.05, 4.69) is 36.0 Å². The van der Waals surface area contributed by atoms with Crippen LogP contribution in [0.25, 0.3) is 28.3 Å². The highest BCUT2D eigenvalue weighted by atomic mass is 31.2. The molecule has 0 amide bonds. The Balaban J connectivity index is 0.000000193. The molecule has 0 bridgehead atoms. The number of cyclic esters (lactones) is 1. The smallest absolute Gasteiger partial charge is 0.336 e. The number of pyridine rings is 2. The number of carbonyl (C=O) groups excluding carboxylic acids is 1. The zero-order chi connectivity index (χ0) is 37.5. The number of hydrogen-bond acceptors (Lipinski definition) is 7. The molecule has 2 aromatic heterocycles. The van der Waals surface area contributed by atoms with Gasteiger partial charge < -0.3 is 13.8 Å². The van der Waals surface area contributed by atoms with Crippen molar-refractivity contribution in [2.75, 3.05) is 13.2 Å². The number of hydrogen-bond donors (Lipinski definition) is 0. The lowest BCUT2D eigenvalue weighted by atomic mass is 9.56. The Morgan fingerprint density at radius 3 is 2.04 bits per heavy atom. The third-order valence-corrected chi connectivity index (χ3v) is 12.8. The molecule has 2 aromatic carbocycles. The van der Waals surface area contributed by atoms with E-state index in [0.29, 0.717) is 36.7 Å². The van der Waals surface area contributed by atoms with Gasteiger partial charge >= 0.3 is 13.6 Å². The molecule has 53 heavy (non-hydrogen) atoms. The van der Waals surface area contributed by atoms with Crippen LogP contribution >= 0.6 is 7.60 Å². The molecule has 1 aliphatic heterocycles. The largest absolute Gasteiger partial charge is 0.462 e. The summed E-state index contributed by atoms with van der Waals surface area (Å²) in [5.74, 6) is 2.11. The number of ether oxygens (including phenoxy) is 1. The summed E-state index contributed by atoms with van der Waals surface area (Å²) in [6.45, 7) is 8.57. The number of rotatable bonds is 10. The molecule has 3 fully saturated rings. The molecule has 1 saturated heterocycles. The molecule has 7 rings (SSSR count). The topological polar surface area (TPSA) is 87.6 Å². The van der Waals surface area contributed by atoms with Crippen LogP contribution in [-0.4, -0.2) is 35.3 Å².